The summed E-state index contributed by atoms with van der Waals surface area (Å²) in [6.07, 6.45) is 0. The van der Waals surface area contributed by atoms with Crippen molar-refractivity contribution in [3.8, 4) is 0 Å². The fourth-order valence-electron chi connectivity index (χ4n) is 1.41. The van der Waals surface area contributed by atoms with Gasteiger partial charge >= 0.3 is 0 Å². The number of nitrogens with two attached hydrogens (primary N) is 2. The van der Waals surface area contributed by atoms with E-state index in [1.807, 2.05) is 43.0 Å². The van der Waals surface area contributed by atoms with Gasteiger partial charge in [-0.1, -0.05) is 0 Å². The molecule has 1 aromatic carbocycles. The zero-order valence-electron chi connectivity index (χ0n) is 9.10. The van der Waals surface area contributed by atoms with Gasteiger partial charge in [-0.15, -0.1) is 0 Å². The molecule has 0 spiro atoms. The van der Waals surface area contributed by atoms with Crippen molar-refractivity contribution in [3.05, 3.63) is 24.3 Å². The number of anilines is 2. The summed E-state index contributed by atoms with van der Waals surface area (Å²) >= 11 is 0. The Hall–Kier alpha value is -1.71. The second-order valence-electron chi connectivity index (χ2n) is 3.78. The standard InChI is InChI=1S/C11H17N3O/c1-8(2)14(7-11(13)15)10-5-3-9(12)4-6-10/h3-6,8H,7,12H2,1-2H3,(H2,13,15). The summed E-state index contributed by atoms with van der Waals surface area (Å²) in [6.45, 7) is 4.25. The predicted octanol–water partition coefficient (Wildman–Crippen LogP) is 0.969. The summed E-state index contributed by atoms with van der Waals surface area (Å²) in [5, 5.41) is 0. The van der Waals surface area contributed by atoms with Crippen molar-refractivity contribution in [3.63, 3.8) is 0 Å². The molecule has 0 heterocycles. The smallest absolute Gasteiger partial charge is 0.236 e. The Bertz CT molecular complexity index is 332. The molecule has 0 radical (unpaired) electrons. The molecule has 0 unspecified atom stereocenters. The van der Waals surface area contributed by atoms with Gasteiger partial charge in [0.15, 0.2) is 0 Å². The molecule has 0 bridgehead atoms. The van der Waals surface area contributed by atoms with Gasteiger partial charge in [-0.2, -0.15) is 0 Å². The highest BCUT2D eigenvalue weighted by Gasteiger charge is 2.12. The predicted molar refractivity (Wildman–Crippen MR) is 62.5 cm³/mol. The van der Waals surface area contributed by atoms with Crippen molar-refractivity contribution in [2.75, 3.05) is 17.2 Å². The number of carbonyl (C=O) groups excluding carboxylic acids is 1. The van der Waals surface area contributed by atoms with Crippen LogP contribution >= 0.6 is 0 Å². The Morgan fingerprint density at radius 1 is 1.33 bits per heavy atom. The number of primary amides is 1. The van der Waals surface area contributed by atoms with Crippen molar-refractivity contribution in [1.29, 1.82) is 0 Å². The highest BCUT2D eigenvalue weighted by atomic mass is 16.1. The van der Waals surface area contributed by atoms with E-state index in [0.29, 0.717) is 5.69 Å². The lowest BCUT2D eigenvalue weighted by Gasteiger charge is -2.27. The molecule has 1 aromatic rings. The van der Waals surface area contributed by atoms with E-state index in [1.165, 1.54) is 0 Å². The molecule has 15 heavy (non-hydrogen) atoms. The van der Waals surface area contributed by atoms with Crippen LogP contribution in [0.5, 0.6) is 0 Å². The Balaban J connectivity index is 2.88. The SMILES string of the molecule is CC(C)N(CC(N)=O)c1ccc(N)cc1. The maximum atomic E-state index is 10.9. The molecule has 0 atom stereocenters. The average Bonchev–Trinajstić information content (AvgIpc) is 2.15. The maximum Gasteiger partial charge on any atom is 0.236 e. The van der Waals surface area contributed by atoms with Gasteiger partial charge in [-0.3, -0.25) is 4.79 Å². The van der Waals surface area contributed by atoms with Crippen molar-refractivity contribution in [1.82, 2.24) is 0 Å². The van der Waals surface area contributed by atoms with Gasteiger partial charge < -0.3 is 16.4 Å². The number of benzene rings is 1. The molecule has 82 valence electrons. The average molecular weight is 207 g/mol. The third-order valence-electron chi connectivity index (χ3n) is 2.17. The number of carbonyl (C=O) groups is 1. The van der Waals surface area contributed by atoms with Crippen LogP contribution in [-0.4, -0.2) is 18.5 Å². The number of hydrogen-bond acceptors (Lipinski definition) is 3. The molecule has 4 heteroatoms. The van der Waals surface area contributed by atoms with Gasteiger partial charge in [0.1, 0.15) is 0 Å². The number of amides is 1. The lowest BCUT2D eigenvalue weighted by Crippen LogP contribution is -2.38. The first kappa shape index (κ1) is 11.4. The van der Waals surface area contributed by atoms with Gasteiger partial charge in [-0.05, 0) is 38.1 Å². The van der Waals surface area contributed by atoms with Crippen molar-refractivity contribution < 1.29 is 4.79 Å². The van der Waals surface area contributed by atoms with Gasteiger partial charge in [0.25, 0.3) is 0 Å². The van der Waals surface area contributed by atoms with E-state index in [2.05, 4.69) is 0 Å². The fraction of sp³-hybridized carbons (Fsp3) is 0.364. The van der Waals surface area contributed by atoms with Crippen LogP contribution in [0.25, 0.3) is 0 Å². The first-order chi connectivity index (χ1) is 7.00. The zero-order valence-corrected chi connectivity index (χ0v) is 9.10. The van der Waals surface area contributed by atoms with Gasteiger partial charge in [0.2, 0.25) is 5.91 Å². The summed E-state index contributed by atoms with van der Waals surface area (Å²) in [6, 6.07) is 7.62. The van der Waals surface area contributed by atoms with Crippen LogP contribution in [0.15, 0.2) is 24.3 Å². The summed E-state index contributed by atoms with van der Waals surface area (Å²) in [4.78, 5) is 12.8. The van der Waals surface area contributed by atoms with E-state index in [4.69, 9.17) is 11.5 Å². The second-order valence-corrected chi connectivity index (χ2v) is 3.78. The van der Waals surface area contributed by atoms with Crippen molar-refractivity contribution >= 4 is 17.3 Å². The molecule has 1 amide bonds. The van der Waals surface area contributed by atoms with Crippen LogP contribution < -0.4 is 16.4 Å². The third-order valence-corrected chi connectivity index (χ3v) is 2.17. The lowest BCUT2D eigenvalue weighted by atomic mass is 10.2. The van der Waals surface area contributed by atoms with E-state index in [0.717, 1.165) is 5.69 Å². The molecule has 0 saturated heterocycles. The van der Waals surface area contributed by atoms with Crippen LogP contribution in [0.2, 0.25) is 0 Å². The molecular weight excluding hydrogens is 190 g/mol. The summed E-state index contributed by atoms with van der Waals surface area (Å²) < 4.78 is 0. The van der Waals surface area contributed by atoms with Crippen LogP contribution in [0.1, 0.15) is 13.8 Å². The van der Waals surface area contributed by atoms with Crippen LogP contribution in [0.3, 0.4) is 0 Å². The lowest BCUT2D eigenvalue weighted by molar-refractivity contribution is -0.116. The number of hydrogen-bond donors (Lipinski definition) is 2. The molecule has 0 aliphatic heterocycles. The van der Waals surface area contributed by atoms with E-state index >= 15 is 0 Å². The van der Waals surface area contributed by atoms with Crippen molar-refractivity contribution in [2.24, 2.45) is 5.73 Å². The van der Waals surface area contributed by atoms with Gasteiger partial charge in [0.05, 0.1) is 6.54 Å². The van der Waals surface area contributed by atoms with Gasteiger partial charge in [-0.25, -0.2) is 0 Å². The largest absolute Gasteiger partial charge is 0.399 e. The molecule has 0 aromatic heterocycles. The summed E-state index contributed by atoms with van der Waals surface area (Å²) in [7, 11) is 0. The van der Waals surface area contributed by atoms with E-state index in [1.54, 1.807) is 0 Å². The Kier molecular flexibility index (Phi) is 3.55. The fourth-order valence-corrected chi connectivity index (χ4v) is 1.41. The van der Waals surface area contributed by atoms with E-state index < -0.39 is 0 Å². The Labute approximate surface area is 89.9 Å². The first-order valence-corrected chi connectivity index (χ1v) is 4.91. The molecular formula is C11H17N3O. The minimum atomic E-state index is -0.333. The molecule has 0 saturated carbocycles. The molecule has 0 aliphatic carbocycles. The Morgan fingerprint density at radius 3 is 2.27 bits per heavy atom. The topological polar surface area (TPSA) is 72.3 Å². The number of rotatable bonds is 4. The normalized spacial score (nSPS) is 10.3. The molecule has 4 N–H and O–H groups in total. The van der Waals surface area contributed by atoms with Crippen LogP contribution in [0.4, 0.5) is 11.4 Å². The van der Waals surface area contributed by atoms with Crippen molar-refractivity contribution in [2.45, 2.75) is 19.9 Å². The Morgan fingerprint density at radius 2 is 1.87 bits per heavy atom. The first-order valence-electron chi connectivity index (χ1n) is 4.91. The highest BCUT2D eigenvalue weighted by molar-refractivity contribution is 5.79. The molecule has 0 fully saturated rings. The highest BCUT2D eigenvalue weighted by Crippen LogP contribution is 2.18. The number of nitrogen functional groups attached to an aromatic ring is 1. The second kappa shape index (κ2) is 4.68. The maximum absolute atomic E-state index is 10.9. The molecule has 4 nitrogen and oxygen atoms in total. The van der Waals surface area contributed by atoms with Crippen LogP contribution in [-0.2, 0) is 4.79 Å². The third kappa shape index (κ3) is 3.16. The monoisotopic (exact) mass is 207 g/mol. The molecule has 0 aliphatic rings. The minimum absolute atomic E-state index is 0.223. The number of nitrogens with zero attached hydrogens (tertiary/aromatic N) is 1. The minimum Gasteiger partial charge on any atom is -0.399 e. The zero-order chi connectivity index (χ0) is 11.4. The summed E-state index contributed by atoms with van der Waals surface area (Å²) in [5.41, 5.74) is 12.5. The van der Waals surface area contributed by atoms with Crippen LogP contribution in [0, 0.1) is 0 Å². The molecule has 1 rings (SSSR count). The van der Waals surface area contributed by atoms with Gasteiger partial charge in [0, 0.05) is 17.4 Å². The van der Waals surface area contributed by atoms with E-state index in [-0.39, 0.29) is 18.5 Å². The van der Waals surface area contributed by atoms with E-state index in [9.17, 15) is 4.79 Å². The summed E-state index contributed by atoms with van der Waals surface area (Å²) in [5.74, 6) is -0.333. The quantitative estimate of drug-likeness (QED) is 0.722.